The molecule has 2 amide bonds. The summed E-state index contributed by atoms with van der Waals surface area (Å²) in [7, 11) is 0. The summed E-state index contributed by atoms with van der Waals surface area (Å²) in [5.41, 5.74) is 2.29. The van der Waals surface area contributed by atoms with Gasteiger partial charge >= 0.3 is 0 Å². The molecule has 2 saturated heterocycles. The molecule has 0 N–H and O–H groups in total. The fourth-order valence-corrected chi connectivity index (χ4v) is 4.80. The van der Waals surface area contributed by atoms with Crippen LogP contribution in [0.15, 0.2) is 72.8 Å². The van der Waals surface area contributed by atoms with Crippen LogP contribution in [0.4, 0.5) is 11.4 Å². The van der Waals surface area contributed by atoms with Crippen LogP contribution < -0.4 is 14.5 Å². The molecule has 0 saturated carbocycles. The Morgan fingerprint density at radius 1 is 0.806 bits per heavy atom. The molecule has 0 bridgehead atoms. The van der Waals surface area contributed by atoms with Crippen LogP contribution in [0.1, 0.15) is 23.7 Å². The van der Waals surface area contributed by atoms with Crippen molar-refractivity contribution in [2.75, 3.05) is 36.0 Å². The first-order valence-electron chi connectivity index (χ1n) is 11.9. The Morgan fingerprint density at radius 2 is 1.36 bits per heavy atom. The maximum Gasteiger partial charge on any atom is 0.251 e. The molecule has 2 aliphatic rings. The highest BCUT2D eigenvalue weighted by atomic mass is 35.5. The standard InChI is InChI=1S/C28H26ClN3O4/c1-19(33)20-2-6-22(7-3-20)30-14-16-31(17-15-30)26-18-27(34)32(28(26)35)23-8-12-25(13-9-23)36-24-10-4-21(29)5-11-24/h2-13,26H,14-18H2,1H3. The van der Waals surface area contributed by atoms with Crippen LogP contribution in [0.3, 0.4) is 0 Å². The SMILES string of the molecule is CC(=O)c1ccc(N2CCN(C3CC(=O)N(c4ccc(Oc5ccc(Cl)cc5)cc4)C3=O)CC2)cc1. The molecule has 2 aliphatic heterocycles. The van der Waals surface area contributed by atoms with E-state index in [0.29, 0.717) is 40.9 Å². The summed E-state index contributed by atoms with van der Waals surface area (Å²) >= 11 is 5.91. The van der Waals surface area contributed by atoms with Gasteiger partial charge in [0, 0.05) is 42.5 Å². The maximum atomic E-state index is 13.3. The zero-order valence-corrected chi connectivity index (χ0v) is 20.6. The van der Waals surface area contributed by atoms with E-state index >= 15 is 0 Å². The van der Waals surface area contributed by atoms with Gasteiger partial charge in [-0.05, 0) is 79.7 Å². The van der Waals surface area contributed by atoms with E-state index in [1.807, 2.05) is 24.3 Å². The number of hydrogen-bond donors (Lipinski definition) is 0. The van der Waals surface area contributed by atoms with E-state index in [1.165, 1.54) is 4.90 Å². The van der Waals surface area contributed by atoms with Crippen molar-refractivity contribution in [2.24, 2.45) is 0 Å². The van der Waals surface area contributed by atoms with Crippen molar-refractivity contribution in [2.45, 2.75) is 19.4 Å². The molecule has 1 unspecified atom stereocenters. The van der Waals surface area contributed by atoms with E-state index in [9.17, 15) is 14.4 Å². The Morgan fingerprint density at radius 3 is 1.94 bits per heavy atom. The minimum absolute atomic E-state index is 0.0454. The van der Waals surface area contributed by atoms with Crippen LogP contribution in [-0.4, -0.2) is 54.7 Å². The number of piperazine rings is 1. The number of ketones is 1. The smallest absolute Gasteiger partial charge is 0.251 e. The summed E-state index contributed by atoms with van der Waals surface area (Å²) in [5.74, 6) is 0.909. The zero-order valence-electron chi connectivity index (χ0n) is 19.9. The summed E-state index contributed by atoms with van der Waals surface area (Å²) in [5, 5.41) is 0.628. The monoisotopic (exact) mass is 503 g/mol. The lowest BCUT2D eigenvalue weighted by Crippen LogP contribution is -2.52. The fraction of sp³-hybridized carbons (Fsp3) is 0.250. The van der Waals surface area contributed by atoms with E-state index < -0.39 is 6.04 Å². The Hall–Kier alpha value is -3.68. The molecule has 36 heavy (non-hydrogen) atoms. The number of carbonyl (C=O) groups is 3. The number of halogens is 1. The number of anilines is 2. The van der Waals surface area contributed by atoms with Crippen LogP contribution in [0.25, 0.3) is 0 Å². The molecule has 0 spiro atoms. The first kappa shape index (κ1) is 24.0. The van der Waals surface area contributed by atoms with Crippen molar-refractivity contribution in [3.8, 4) is 11.5 Å². The van der Waals surface area contributed by atoms with Gasteiger partial charge in [-0.1, -0.05) is 11.6 Å². The van der Waals surface area contributed by atoms with Gasteiger partial charge in [-0.3, -0.25) is 19.3 Å². The largest absolute Gasteiger partial charge is 0.457 e. The van der Waals surface area contributed by atoms with Crippen LogP contribution in [-0.2, 0) is 9.59 Å². The molecule has 184 valence electrons. The normalized spacial score (nSPS) is 18.6. The van der Waals surface area contributed by atoms with Gasteiger partial charge in [-0.2, -0.15) is 0 Å². The number of benzene rings is 3. The average Bonchev–Trinajstić information content (AvgIpc) is 3.19. The van der Waals surface area contributed by atoms with Crippen molar-refractivity contribution >= 4 is 40.6 Å². The minimum Gasteiger partial charge on any atom is -0.457 e. The lowest BCUT2D eigenvalue weighted by atomic mass is 10.1. The van der Waals surface area contributed by atoms with Gasteiger partial charge in [0.2, 0.25) is 5.91 Å². The van der Waals surface area contributed by atoms with Gasteiger partial charge in [0.15, 0.2) is 5.78 Å². The topological polar surface area (TPSA) is 70.2 Å². The summed E-state index contributed by atoms with van der Waals surface area (Å²) in [6.45, 7) is 4.41. The van der Waals surface area contributed by atoms with Crippen molar-refractivity contribution in [3.63, 3.8) is 0 Å². The Balaban J connectivity index is 1.20. The van der Waals surface area contributed by atoms with Gasteiger partial charge in [0.05, 0.1) is 18.2 Å². The minimum atomic E-state index is -0.454. The van der Waals surface area contributed by atoms with Crippen LogP contribution >= 0.6 is 11.6 Å². The molecule has 3 aromatic rings. The summed E-state index contributed by atoms with van der Waals surface area (Å²) < 4.78 is 5.81. The number of rotatable bonds is 6. The number of carbonyl (C=O) groups excluding carboxylic acids is 3. The van der Waals surface area contributed by atoms with Crippen molar-refractivity contribution in [3.05, 3.63) is 83.4 Å². The van der Waals surface area contributed by atoms with E-state index in [2.05, 4.69) is 9.80 Å². The number of hydrogen-bond acceptors (Lipinski definition) is 6. The molecule has 8 heteroatoms. The van der Waals surface area contributed by atoms with Gasteiger partial charge < -0.3 is 9.64 Å². The predicted molar refractivity (Wildman–Crippen MR) is 139 cm³/mol. The second kappa shape index (κ2) is 10.1. The third-order valence-electron chi connectivity index (χ3n) is 6.66. The van der Waals surface area contributed by atoms with Crippen LogP contribution in [0.5, 0.6) is 11.5 Å². The highest BCUT2D eigenvalue weighted by molar-refractivity contribution is 6.30. The van der Waals surface area contributed by atoms with Crippen molar-refractivity contribution in [1.29, 1.82) is 0 Å². The Bertz CT molecular complexity index is 1270. The van der Waals surface area contributed by atoms with E-state index in [-0.39, 0.29) is 24.0 Å². The number of nitrogens with zero attached hydrogens (tertiary/aromatic N) is 3. The highest BCUT2D eigenvalue weighted by Gasteiger charge is 2.43. The lowest BCUT2D eigenvalue weighted by molar-refractivity contribution is -0.123. The predicted octanol–water partition coefficient (Wildman–Crippen LogP) is 4.79. The molecular formula is C28H26ClN3O4. The first-order chi connectivity index (χ1) is 17.4. The number of Topliss-reactive ketones (excluding diaryl/α,β-unsaturated/α-hetero) is 1. The molecule has 0 radical (unpaired) electrons. The molecule has 1 atom stereocenters. The zero-order chi connectivity index (χ0) is 25.2. The van der Waals surface area contributed by atoms with E-state index in [0.717, 1.165) is 18.8 Å². The van der Waals surface area contributed by atoms with Gasteiger partial charge in [0.25, 0.3) is 5.91 Å². The summed E-state index contributed by atoms with van der Waals surface area (Å²) in [6, 6.07) is 21.1. The number of imide groups is 1. The third kappa shape index (κ3) is 4.98. The highest BCUT2D eigenvalue weighted by Crippen LogP contribution is 2.30. The van der Waals surface area contributed by atoms with E-state index in [4.69, 9.17) is 16.3 Å². The van der Waals surface area contributed by atoms with Gasteiger partial charge in [0.1, 0.15) is 11.5 Å². The first-order valence-corrected chi connectivity index (χ1v) is 12.3. The third-order valence-corrected chi connectivity index (χ3v) is 6.91. The fourth-order valence-electron chi connectivity index (χ4n) is 4.67. The quantitative estimate of drug-likeness (QED) is 0.356. The Kier molecular flexibility index (Phi) is 6.76. The van der Waals surface area contributed by atoms with Gasteiger partial charge in [-0.15, -0.1) is 0 Å². The van der Waals surface area contributed by atoms with Crippen LogP contribution in [0, 0.1) is 0 Å². The number of amides is 2. The molecule has 2 fully saturated rings. The molecule has 3 aromatic carbocycles. The Labute approximate surface area is 214 Å². The summed E-state index contributed by atoms with van der Waals surface area (Å²) in [6.07, 6.45) is 0.176. The molecule has 7 nitrogen and oxygen atoms in total. The molecule has 0 aromatic heterocycles. The average molecular weight is 504 g/mol. The summed E-state index contributed by atoms with van der Waals surface area (Å²) in [4.78, 5) is 43.2. The second-order valence-corrected chi connectivity index (χ2v) is 9.40. The molecule has 0 aliphatic carbocycles. The van der Waals surface area contributed by atoms with Crippen molar-refractivity contribution < 1.29 is 19.1 Å². The number of ether oxygens (including phenoxy) is 1. The van der Waals surface area contributed by atoms with E-state index in [1.54, 1.807) is 55.5 Å². The molecular weight excluding hydrogens is 478 g/mol. The molecule has 5 rings (SSSR count). The maximum absolute atomic E-state index is 13.3. The van der Waals surface area contributed by atoms with Crippen LogP contribution in [0.2, 0.25) is 5.02 Å². The van der Waals surface area contributed by atoms with Crippen molar-refractivity contribution in [1.82, 2.24) is 4.90 Å². The van der Waals surface area contributed by atoms with Gasteiger partial charge in [-0.25, -0.2) is 4.90 Å². The second-order valence-electron chi connectivity index (χ2n) is 8.96. The lowest BCUT2D eigenvalue weighted by Gasteiger charge is -2.38. The molecule has 2 heterocycles.